The van der Waals surface area contributed by atoms with Crippen molar-refractivity contribution in [2.24, 2.45) is 0 Å². The maximum absolute atomic E-state index is 6.65. The van der Waals surface area contributed by atoms with Crippen LogP contribution in [0.15, 0.2) is 247 Å². The van der Waals surface area contributed by atoms with Gasteiger partial charge in [-0.15, -0.1) is 0 Å². The summed E-state index contributed by atoms with van der Waals surface area (Å²) in [6, 6.07) is 87.1. The van der Waals surface area contributed by atoms with Crippen LogP contribution < -0.4 is 4.90 Å². The van der Waals surface area contributed by atoms with Crippen molar-refractivity contribution in [2.75, 3.05) is 4.90 Å². The van der Waals surface area contributed by atoms with Gasteiger partial charge in [0.05, 0.1) is 11.0 Å². The number of hydrogen-bond acceptors (Lipinski definition) is 2. The van der Waals surface area contributed by atoms with Crippen LogP contribution in [0.1, 0.15) is 0 Å². The molecule has 0 atom stereocenters. The Morgan fingerprint density at radius 1 is 0.302 bits per heavy atom. The highest BCUT2D eigenvalue weighted by molar-refractivity contribution is 6.11. The molecular formula is C60H40N2O. The molecule has 0 bridgehead atoms. The molecule has 0 radical (unpaired) electrons. The molecule has 0 saturated heterocycles. The van der Waals surface area contributed by atoms with Gasteiger partial charge < -0.3 is 13.9 Å². The van der Waals surface area contributed by atoms with Gasteiger partial charge in [-0.1, -0.05) is 152 Å². The first kappa shape index (κ1) is 36.5. The Morgan fingerprint density at radius 2 is 0.810 bits per heavy atom. The lowest BCUT2D eigenvalue weighted by molar-refractivity contribution is 0.670. The number of nitrogens with zero attached hydrogens (tertiary/aromatic N) is 2. The van der Waals surface area contributed by atoms with Gasteiger partial charge in [-0.25, -0.2) is 0 Å². The minimum Gasteiger partial charge on any atom is -0.455 e. The number of furan rings is 1. The Kier molecular flexibility index (Phi) is 8.83. The number of para-hydroxylation sites is 6. The molecule has 12 rings (SSSR count). The predicted octanol–water partition coefficient (Wildman–Crippen LogP) is 16.8. The van der Waals surface area contributed by atoms with Gasteiger partial charge in [-0.3, -0.25) is 0 Å². The van der Waals surface area contributed by atoms with E-state index in [-0.39, 0.29) is 0 Å². The van der Waals surface area contributed by atoms with Crippen LogP contribution in [0.2, 0.25) is 0 Å². The quantitative estimate of drug-likeness (QED) is 0.153. The average Bonchev–Trinajstić information content (AvgIpc) is 3.91. The van der Waals surface area contributed by atoms with Crippen LogP contribution in [0.25, 0.3) is 93.9 Å². The van der Waals surface area contributed by atoms with Crippen molar-refractivity contribution < 1.29 is 4.42 Å². The number of anilines is 3. The Bertz CT molecular complexity index is 3580. The van der Waals surface area contributed by atoms with E-state index in [1.165, 1.54) is 21.8 Å². The lowest BCUT2D eigenvalue weighted by Gasteiger charge is -2.26. The van der Waals surface area contributed by atoms with Crippen LogP contribution in [0.4, 0.5) is 17.1 Å². The Morgan fingerprint density at radius 3 is 1.56 bits per heavy atom. The van der Waals surface area contributed by atoms with Crippen molar-refractivity contribution in [3.8, 4) is 50.2 Å². The molecule has 3 nitrogen and oxygen atoms in total. The zero-order chi connectivity index (χ0) is 41.7. The van der Waals surface area contributed by atoms with Crippen LogP contribution in [0, 0.1) is 0 Å². The van der Waals surface area contributed by atoms with Gasteiger partial charge >= 0.3 is 0 Å². The Balaban J connectivity index is 1.03. The van der Waals surface area contributed by atoms with E-state index in [9.17, 15) is 0 Å². The molecule has 0 aliphatic rings. The van der Waals surface area contributed by atoms with E-state index >= 15 is 0 Å². The molecule has 0 aliphatic heterocycles. The molecule has 296 valence electrons. The van der Waals surface area contributed by atoms with Crippen molar-refractivity contribution in [2.45, 2.75) is 0 Å². The van der Waals surface area contributed by atoms with Crippen LogP contribution in [0.3, 0.4) is 0 Å². The summed E-state index contributed by atoms with van der Waals surface area (Å²) in [7, 11) is 0. The van der Waals surface area contributed by atoms with Crippen molar-refractivity contribution in [3.63, 3.8) is 0 Å². The van der Waals surface area contributed by atoms with Gasteiger partial charge in [0.1, 0.15) is 11.2 Å². The summed E-state index contributed by atoms with van der Waals surface area (Å²) >= 11 is 0. The fraction of sp³-hybridized carbons (Fsp3) is 0. The van der Waals surface area contributed by atoms with Crippen molar-refractivity contribution in [1.29, 1.82) is 0 Å². The first-order valence-corrected chi connectivity index (χ1v) is 21.5. The molecule has 0 saturated carbocycles. The van der Waals surface area contributed by atoms with E-state index in [1.807, 2.05) is 6.07 Å². The third-order valence-corrected chi connectivity index (χ3v) is 12.3. The lowest BCUT2D eigenvalue weighted by Crippen LogP contribution is -2.09. The molecule has 0 fully saturated rings. The normalized spacial score (nSPS) is 11.5. The van der Waals surface area contributed by atoms with E-state index < -0.39 is 0 Å². The van der Waals surface area contributed by atoms with Crippen LogP contribution in [-0.4, -0.2) is 4.57 Å². The van der Waals surface area contributed by atoms with Gasteiger partial charge in [-0.05, 0) is 130 Å². The first-order valence-electron chi connectivity index (χ1n) is 21.5. The van der Waals surface area contributed by atoms with Crippen molar-refractivity contribution in [1.82, 2.24) is 4.57 Å². The standard InChI is InChI=1S/C60H40N2O/c1-4-20-48(21-5-1)61(49-22-6-2-7-23-49)51-26-15-19-43(39-51)41-17-14-18-42(35-41)45-36-46(38-47(37-45)52-29-16-30-56-55-28-11-13-32-59(55)63-60(52)56)44-33-34-54-53-27-10-12-31-57(53)62(58(54)40-44)50-24-8-3-9-25-50/h1-40H. The predicted molar refractivity (Wildman–Crippen MR) is 264 cm³/mol. The highest BCUT2D eigenvalue weighted by Gasteiger charge is 2.18. The van der Waals surface area contributed by atoms with E-state index in [4.69, 9.17) is 4.42 Å². The summed E-state index contributed by atoms with van der Waals surface area (Å²) < 4.78 is 9.04. The monoisotopic (exact) mass is 804 g/mol. The van der Waals surface area contributed by atoms with E-state index in [0.29, 0.717) is 0 Å². The summed E-state index contributed by atoms with van der Waals surface area (Å²) in [5.41, 5.74) is 17.6. The van der Waals surface area contributed by atoms with Crippen LogP contribution in [-0.2, 0) is 0 Å². The largest absolute Gasteiger partial charge is 0.455 e. The lowest BCUT2D eigenvalue weighted by atomic mass is 9.91. The number of hydrogen-bond donors (Lipinski definition) is 0. The fourth-order valence-corrected chi connectivity index (χ4v) is 9.40. The SMILES string of the molecule is c1ccc(N(c2ccccc2)c2cccc(-c3cccc(-c4cc(-c5ccc6c7ccccc7n(-c7ccccc7)c6c5)cc(-c5cccc6c5oc5ccccc56)c4)c3)c2)cc1. The minimum absolute atomic E-state index is 0.892. The summed E-state index contributed by atoms with van der Waals surface area (Å²) in [5, 5.41) is 4.71. The Hall–Kier alpha value is -8.40. The van der Waals surface area contributed by atoms with Crippen molar-refractivity contribution >= 4 is 60.8 Å². The van der Waals surface area contributed by atoms with Crippen LogP contribution >= 0.6 is 0 Å². The number of fused-ring (bicyclic) bond motifs is 6. The maximum atomic E-state index is 6.65. The second kappa shape index (κ2) is 15.3. The molecule has 12 aromatic rings. The highest BCUT2D eigenvalue weighted by Crippen LogP contribution is 2.42. The summed E-state index contributed by atoms with van der Waals surface area (Å²) in [5.74, 6) is 0. The topological polar surface area (TPSA) is 21.3 Å². The Labute approximate surface area is 366 Å². The smallest absolute Gasteiger partial charge is 0.143 e. The fourth-order valence-electron chi connectivity index (χ4n) is 9.40. The molecule has 0 unspecified atom stereocenters. The number of benzene rings is 10. The van der Waals surface area contributed by atoms with E-state index in [0.717, 1.165) is 89.2 Å². The zero-order valence-corrected chi connectivity index (χ0v) is 34.4. The summed E-state index contributed by atoms with van der Waals surface area (Å²) in [6.07, 6.45) is 0. The third kappa shape index (κ3) is 6.46. The molecule has 0 N–H and O–H groups in total. The van der Waals surface area contributed by atoms with Gasteiger partial charge in [0, 0.05) is 49.9 Å². The highest BCUT2D eigenvalue weighted by atomic mass is 16.3. The van der Waals surface area contributed by atoms with E-state index in [1.54, 1.807) is 0 Å². The van der Waals surface area contributed by atoms with Crippen LogP contribution in [0.5, 0.6) is 0 Å². The molecule has 0 aliphatic carbocycles. The van der Waals surface area contributed by atoms with Gasteiger partial charge in [-0.2, -0.15) is 0 Å². The minimum atomic E-state index is 0.892. The van der Waals surface area contributed by atoms with Gasteiger partial charge in [0.15, 0.2) is 0 Å². The summed E-state index contributed by atoms with van der Waals surface area (Å²) in [6.45, 7) is 0. The molecule has 0 spiro atoms. The molecule has 3 heteroatoms. The molecule has 2 aromatic heterocycles. The summed E-state index contributed by atoms with van der Waals surface area (Å²) in [4.78, 5) is 2.32. The average molecular weight is 805 g/mol. The third-order valence-electron chi connectivity index (χ3n) is 12.3. The molecule has 2 heterocycles. The second-order valence-corrected chi connectivity index (χ2v) is 16.1. The molecular weight excluding hydrogens is 765 g/mol. The molecule has 10 aromatic carbocycles. The first-order chi connectivity index (χ1) is 31.2. The van der Waals surface area contributed by atoms with Gasteiger partial charge in [0.2, 0.25) is 0 Å². The zero-order valence-electron chi connectivity index (χ0n) is 34.4. The second-order valence-electron chi connectivity index (χ2n) is 16.1. The van der Waals surface area contributed by atoms with Gasteiger partial charge in [0.25, 0.3) is 0 Å². The van der Waals surface area contributed by atoms with Crippen molar-refractivity contribution in [3.05, 3.63) is 243 Å². The van der Waals surface area contributed by atoms with E-state index in [2.05, 4.69) is 246 Å². The molecule has 63 heavy (non-hydrogen) atoms. The maximum Gasteiger partial charge on any atom is 0.143 e. The molecule has 0 amide bonds. The number of aromatic nitrogens is 1. The number of rotatable bonds is 8.